The Morgan fingerprint density at radius 2 is 2.29 bits per heavy atom. The minimum Gasteiger partial charge on any atom is -0.495 e. The number of allylic oxidation sites excluding steroid dienone is 1. The van der Waals surface area contributed by atoms with Gasteiger partial charge in [0.2, 0.25) is 0 Å². The zero-order chi connectivity index (χ0) is 10.6. The second kappa shape index (κ2) is 5.18. The lowest BCUT2D eigenvalue weighted by molar-refractivity contribution is -0.108. The summed E-state index contributed by atoms with van der Waals surface area (Å²) >= 11 is 0. The summed E-state index contributed by atoms with van der Waals surface area (Å²) in [6, 6.07) is 0. The van der Waals surface area contributed by atoms with E-state index in [1.165, 1.54) is 0 Å². The van der Waals surface area contributed by atoms with Crippen molar-refractivity contribution in [2.24, 2.45) is 11.8 Å². The van der Waals surface area contributed by atoms with Gasteiger partial charge in [-0.2, -0.15) is 0 Å². The van der Waals surface area contributed by atoms with E-state index in [4.69, 9.17) is 4.74 Å². The summed E-state index contributed by atoms with van der Waals surface area (Å²) in [6.45, 7) is 8.07. The van der Waals surface area contributed by atoms with E-state index in [9.17, 15) is 4.79 Å². The zero-order valence-electron chi connectivity index (χ0n) is 9.16. The largest absolute Gasteiger partial charge is 0.495 e. The van der Waals surface area contributed by atoms with E-state index < -0.39 is 0 Å². The molecule has 14 heavy (non-hydrogen) atoms. The fraction of sp³-hybridized carbons (Fsp3) is 0.750. The molecule has 0 aromatic rings. The van der Waals surface area contributed by atoms with Gasteiger partial charge in [0.05, 0.1) is 5.76 Å². The lowest BCUT2D eigenvalue weighted by atomic mass is 9.94. The molecule has 2 heteroatoms. The molecule has 3 atom stereocenters. The molecule has 0 aliphatic heterocycles. The fourth-order valence-electron chi connectivity index (χ4n) is 2.13. The van der Waals surface area contributed by atoms with Crippen molar-refractivity contribution in [1.29, 1.82) is 0 Å². The van der Waals surface area contributed by atoms with Crippen LogP contribution < -0.4 is 0 Å². The smallest absolute Gasteiger partial charge is 0.120 e. The second-order valence-electron chi connectivity index (χ2n) is 4.15. The van der Waals surface area contributed by atoms with E-state index in [2.05, 4.69) is 13.5 Å². The summed E-state index contributed by atoms with van der Waals surface area (Å²) in [5.41, 5.74) is 0. The van der Waals surface area contributed by atoms with Crippen LogP contribution in [0.1, 0.15) is 39.5 Å². The first kappa shape index (κ1) is 11.3. The molecule has 0 aromatic heterocycles. The third kappa shape index (κ3) is 2.60. The van der Waals surface area contributed by atoms with Crippen LogP contribution in [0.5, 0.6) is 0 Å². The number of rotatable bonds is 5. The van der Waals surface area contributed by atoms with Crippen molar-refractivity contribution in [2.45, 2.75) is 45.6 Å². The summed E-state index contributed by atoms with van der Waals surface area (Å²) in [4.78, 5) is 10.4. The normalized spacial score (nSPS) is 31.4. The fourth-order valence-corrected chi connectivity index (χ4v) is 2.13. The molecule has 0 amide bonds. The number of ether oxygens (including phenoxy) is 1. The van der Waals surface area contributed by atoms with Gasteiger partial charge < -0.3 is 9.53 Å². The Labute approximate surface area is 86.3 Å². The maximum atomic E-state index is 10.4. The summed E-state index contributed by atoms with van der Waals surface area (Å²) < 4.78 is 5.74. The third-order valence-corrected chi connectivity index (χ3v) is 3.26. The summed E-state index contributed by atoms with van der Waals surface area (Å²) in [7, 11) is 0. The second-order valence-corrected chi connectivity index (χ2v) is 4.15. The Hall–Kier alpha value is -0.790. The van der Waals surface area contributed by atoms with Crippen LogP contribution in [0.25, 0.3) is 0 Å². The lowest BCUT2D eigenvalue weighted by Gasteiger charge is -2.21. The van der Waals surface area contributed by atoms with E-state index in [1.54, 1.807) is 0 Å². The molecule has 0 spiro atoms. The van der Waals surface area contributed by atoms with Gasteiger partial charge in [-0.3, -0.25) is 0 Å². The van der Waals surface area contributed by atoms with Crippen molar-refractivity contribution in [2.75, 3.05) is 0 Å². The minimum absolute atomic E-state index is 0.285. The van der Waals surface area contributed by atoms with Crippen LogP contribution in [0.2, 0.25) is 0 Å². The van der Waals surface area contributed by atoms with Crippen molar-refractivity contribution in [3.63, 3.8) is 0 Å². The molecule has 0 bridgehead atoms. The van der Waals surface area contributed by atoms with Gasteiger partial charge >= 0.3 is 0 Å². The van der Waals surface area contributed by atoms with Crippen LogP contribution in [-0.4, -0.2) is 12.4 Å². The molecule has 1 saturated carbocycles. The topological polar surface area (TPSA) is 26.3 Å². The number of aldehydes is 1. The average Bonchev–Trinajstić information content (AvgIpc) is 2.50. The van der Waals surface area contributed by atoms with Crippen molar-refractivity contribution < 1.29 is 9.53 Å². The highest BCUT2D eigenvalue weighted by atomic mass is 16.5. The van der Waals surface area contributed by atoms with Crippen LogP contribution in [0.4, 0.5) is 0 Å². The maximum absolute atomic E-state index is 10.4. The quantitative estimate of drug-likeness (QED) is 0.499. The van der Waals surface area contributed by atoms with Gasteiger partial charge in [0.25, 0.3) is 0 Å². The number of hydrogen-bond donors (Lipinski definition) is 0. The van der Waals surface area contributed by atoms with Gasteiger partial charge in [0.15, 0.2) is 0 Å². The van der Waals surface area contributed by atoms with Gasteiger partial charge in [-0.15, -0.1) is 0 Å². The molecule has 2 nitrogen and oxygen atoms in total. The molecule has 1 aliphatic carbocycles. The zero-order valence-corrected chi connectivity index (χ0v) is 9.16. The first-order chi connectivity index (χ1) is 6.69. The van der Waals surface area contributed by atoms with Crippen LogP contribution >= 0.6 is 0 Å². The van der Waals surface area contributed by atoms with Crippen LogP contribution in [0.15, 0.2) is 12.3 Å². The Balaban J connectivity index is 2.42. The predicted octanol–water partition coefficient (Wildman–Crippen LogP) is 2.93. The molecular weight excluding hydrogens is 176 g/mol. The van der Waals surface area contributed by atoms with Gasteiger partial charge in [-0.25, -0.2) is 0 Å². The van der Waals surface area contributed by atoms with E-state index in [0.717, 1.165) is 31.3 Å². The van der Waals surface area contributed by atoms with Gasteiger partial charge in [-0.1, -0.05) is 20.4 Å². The summed E-state index contributed by atoms with van der Waals surface area (Å²) in [6.07, 6.45) is 5.05. The van der Waals surface area contributed by atoms with E-state index in [0.29, 0.717) is 18.3 Å². The standard InChI is InChI=1S/C12H20O2/c1-4-9(2)14-12-6-5-11(7-8-13)10(12)3/h8,10-12H,2,4-7H2,1,3H3. The number of hydrogen-bond acceptors (Lipinski definition) is 2. The predicted molar refractivity (Wildman–Crippen MR) is 56.9 cm³/mol. The molecule has 1 rings (SSSR count). The monoisotopic (exact) mass is 196 g/mol. The average molecular weight is 196 g/mol. The first-order valence-electron chi connectivity index (χ1n) is 5.47. The maximum Gasteiger partial charge on any atom is 0.120 e. The molecule has 0 heterocycles. The molecular formula is C12H20O2. The molecule has 1 fully saturated rings. The highest BCUT2D eigenvalue weighted by Gasteiger charge is 2.33. The Kier molecular flexibility index (Phi) is 4.18. The molecule has 3 unspecified atom stereocenters. The highest BCUT2D eigenvalue weighted by molar-refractivity contribution is 5.49. The molecule has 0 aromatic carbocycles. The SMILES string of the molecule is C=C(CC)OC1CCC(CC=O)C1C. The van der Waals surface area contributed by atoms with Gasteiger partial charge in [-0.05, 0) is 24.7 Å². The van der Waals surface area contributed by atoms with Crippen LogP contribution in [0, 0.1) is 11.8 Å². The highest BCUT2D eigenvalue weighted by Crippen LogP contribution is 2.36. The van der Waals surface area contributed by atoms with Gasteiger partial charge in [0.1, 0.15) is 12.4 Å². The third-order valence-electron chi connectivity index (χ3n) is 3.26. The summed E-state index contributed by atoms with van der Waals surface area (Å²) in [5, 5.41) is 0. The Morgan fingerprint density at radius 1 is 1.57 bits per heavy atom. The van der Waals surface area contributed by atoms with Crippen molar-refractivity contribution >= 4 is 6.29 Å². The van der Waals surface area contributed by atoms with Crippen LogP contribution in [0.3, 0.4) is 0 Å². The van der Waals surface area contributed by atoms with E-state index in [-0.39, 0.29) is 6.10 Å². The number of carbonyl (C=O) groups is 1. The van der Waals surface area contributed by atoms with Crippen molar-refractivity contribution in [1.82, 2.24) is 0 Å². The molecule has 80 valence electrons. The van der Waals surface area contributed by atoms with Gasteiger partial charge in [0, 0.05) is 12.8 Å². The molecule has 0 radical (unpaired) electrons. The molecule has 1 aliphatic rings. The molecule has 0 saturated heterocycles. The lowest BCUT2D eigenvalue weighted by Crippen LogP contribution is -2.19. The first-order valence-corrected chi connectivity index (χ1v) is 5.47. The minimum atomic E-state index is 0.285. The van der Waals surface area contributed by atoms with Crippen LogP contribution in [-0.2, 0) is 9.53 Å². The Morgan fingerprint density at radius 3 is 2.86 bits per heavy atom. The van der Waals surface area contributed by atoms with Crippen molar-refractivity contribution in [3.8, 4) is 0 Å². The molecule has 0 N–H and O–H groups in total. The number of carbonyl (C=O) groups excluding carboxylic acids is 1. The Bertz CT molecular complexity index is 210. The van der Waals surface area contributed by atoms with E-state index in [1.807, 2.05) is 6.92 Å². The van der Waals surface area contributed by atoms with E-state index >= 15 is 0 Å². The van der Waals surface area contributed by atoms with Crippen molar-refractivity contribution in [3.05, 3.63) is 12.3 Å². The summed E-state index contributed by atoms with van der Waals surface area (Å²) in [5.74, 6) is 1.87.